The van der Waals surface area contributed by atoms with Crippen molar-refractivity contribution in [2.45, 2.75) is 25.7 Å². The van der Waals surface area contributed by atoms with Gasteiger partial charge in [0.25, 0.3) is 5.91 Å². The van der Waals surface area contributed by atoms with E-state index in [9.17, 15) is 18.4 Å². The maximum atomic E-state index is 13.5. The standard InChI is InChI=1S/C19H17F2N5O2S/c1-10-7-17(27)24-19(22-10)26-16(9-14(25-26)15-3-2-6-29-15)23-18(28)11-4-5-12(20)13(21)8-11/h2-6,8-10,19,22H,7H2,1H3,(H,23,28)(H,24,27). The Bertz CT molecular complexity index is 1070. The second-order valence-corrected chi connectivity index (χ2v) is 7.61. The van der Waals surface area contributed by atoms with Gasteiger partial charge in [-0.15, -0.1) is 11.3 Å². The zero-order valence-corrected chi connectivity index (χ0v) is 16.1. The molecule has 2 atom stereocenters. The average Bonchev–Trinajstić information content (AvgIpc) is 3.33. The largest absolute Gasteiger partial charge is 0.322 e. The summed E-state index contributed by atoms with van der Waals surface area (Å²) in [5, 5.41) is 15.1. The number of halogens is 2. The fourth-order valence-corrected chi connectivity index (χ4v) is 3.73. The van der Waals surface area contributed by atoms with Crippen LogP contribution in [0, 0.1) is 11.6 Å². The van der Waals surface area contributed by atoms with Crippen LogP contribution in [0.2, 0.25) is 0 Å². The van der Waals surface area contributed by atoms with E-state index in [1.54, 1.807) is 6.07 Å². The van der Waals surface area contributed by atoms with E-state index in [1.165, 1.54) is 22.1 Å². The van der Waals surface area contributed by atoms with E-state index in [2.05, 4.69) is 21.0 Å². The van der Waals surface area contributed by atoms with Crippen LogP contribution in [0.1, 0.15) is 30.0 Å². The number of anilines is 1. The maximum absolute atomic E-state index is 13.5. The molecule has 0 saturated carbocycles. The van der Waals surface area contributed by atoms with Gasteiger partial charge in [-0.05, 0) is 36.6 Å². The number of carbonyl (C=O) groups excluding carboxylic acids is 2. The summed E-state index contributed by atoms with van der Waals surface area (Å²) in [7, 11) is 0. The number of aromatic nitrogens is 2. The highest BCUT2D eigenvalue weighted by Gasteiger charge is 2.27. The van der Waals surface area contributed by atoms with Crippen molar-refractivity contribution in [1.29, 1.82) is 0 Å². The molecule has 3 heterocycles. The van der Waals surface area contributed by atoms with E-state index < -0.39 is 23.8 Å². The van der Waals surface area contributed by atoms with Gasteiger partial charge in [0.15, 0.2) is 17.9 Å². The number of nitrogens with zero attached hydrogens (tertiary/aromatic N) is 2. The number of hydrogen-bond donors (Lipinski definition) is 3. The van der Waals surface area contributed by atoms with Crippen LogP contribution in [0.5, 0.6) is 0 Å². The average molecular weight is 417 g/mol. The Labute approximate surface area is 168 Å². The molecule has 3 aromatic rings. The molecule has 2 unspecified atom stereocenters. The molecule has 1 aliphatic rings. The van der Waals surface area contributed by atoms with E-state index in [1.807, 2.05) is 24.4 Å². The zero-order chi connectivity index (χ0) is 20.5. The first-order chi connectivity index (χ1) is 13.9. The van der Waals surface area contributed by atoms with Gasteiger partial charge in [0.2, 0.25) is 5.91 Å². The summed E-state index contributed by atoms with van der Waals surface area (Å²) in [5.74, 6) is -2.62. The Hall–Kier alpha value is -3.11. The lowest BCUT2D eigenvalue weighted by molar-refractivity contribution is -0.125. The van der Waals surface area contributed by atoms with E-state index in [0.29, 0.717) is 17.9 Å². The molecule has 7 nitrogen and oxygen atoms in total. The number of carbonyl (C=O) groups is 2. The van der Waals surface area contributed by atoms with Crippen LogP contribution in [0.15, 0.2) is 41.8 Å². The van der Waals surface area contributed by atoms with Crippen molar-refractivity contribution in [3.63, 3.8) is 0 Å². The Kier molecular flexibility index (Phi) is 5.12. The molecule has 4 rings (SSSR count). The van der Waals surface area contributed by atoms with Gasteiger partial charge in [0.05, 0.1) is 4.88 Å². The smallest absolute Gasteiger partial charge is 0.256 e. The Morgan fingerprint density at radius 3 is 2.79 bits per heavy atom. The lowest BCUT2D eigenvalue weighted by atomic mass is 10.2. The van der Waals surface area contributed by atoms with Crippen molar-refractivity contribution < 1.29 is 18.4 Å². The van der Waals surface area contributed by atoms with Crippen LogP contribution < -0.4 is 16.0 Å². The second kappa shape index (κ2) is 7.72. The normalized spacial score (nSPS) is 19.1. The third-order valence-corrected chi connectivity index (χ3v) is 5.30. The molecule has 1 aromatic carbocycles. The van der Waals surface area contributed by atoms with E-state index in [4.69, 9.17) is 0 Å². The number of thiophene rings is 1. The molecule has 10 heteroatoms. The van der Waals surface area contributed by atoms with Crippen molar-refractivity contribution >= 4 is 29.0 Å². The van der Waals surface area contributed by atoms with Gasteiger partial charge >= 0.3 is 0 Å². The predicted octanol–water partition coefficient (Wildman–Crippen LogP) is 3.10. The minimum Gasteiger partial charge on any atom is -0.322 e. The first kappa shape index (κ1) is 19.2. The SMILES string of the molecule is CC1CC(=O)NC(n2nc(-c3cccs3)cc2NC(=O)c2ccc(F)c(F)c2)N1. The molecule has 1 aliphatic heterocycles. The monoisotopic (exact) mass is 417 g/mol. The molecule has 0 aliphatic carbocycles. The summed E-state index contributed by atoms with van der Waals surface area (Å²) in [6.45, 7) is 1.87. The molecule has 1 fully saturated rings. The number of nitrogens with one attached hydrogen (secondary N) is 3. The highest BCUT2D eigenvalue weighted by molar-refractivity contribution is 7.13. The molecular weight excluding hydrogens is 400 g/mol. The molecule has 2 aromatic heterocycles. The van der Waals surface area contributed by atoms with Crippen molar-refractivity contribution in [3.8, 4) is 10.6 Å². The molecule has 1 saturated heterocycles. The number of rotatable bonds is 4. The molecule has 29 heavy (non-hydrogen) atoms. The third-order valence-electron chi connectivity index (χ3n) is 4.41. The maximum Gasteiger partial charge on any atom is 0.256 e. The highest BCUT2D eigenvalue weighted by atomic mass is 32.1. The van der Waals surface area contributed by atoms with E-state index in [-0.39, 0.29) is 17.5 Å². The molecule has 3 N–H and O–H groups in total. The Morgan fingerprint density at radius 1 is 1.28 bits per heavy atom. The van der Waals surface area contributed by atoms with Gasteiger partial charge in [-0.3, -0.25) is 14.9 Å². The van der Waals surface area contributed by atoms with Gasteiger partial charge in [-0.1, -0.05) is 6.07 Å². The number of hydrogen-bond acceptors (Lipinski definition) is 5. The van der Waals surface area contributed by atoms with Gasteiger partial charge in [-0.25, -0.2) is 13.5 Å². The molecule has 0 bridgehead atoms. The summed E-state index contributed by atoms with van der Waals surface area (Å²) >= 11 is 1.48. The molecule has 150 valence electrons. The van der Waals surface area contributed by atoms with Crippen LogP contribution in [-0.2, 0) is 4.79 Å². The molecule has 0 radical (unpaired) electrons. The van der Waals surface area contributed by atoms with Crippen molar-refractivity contribution in [1.82, 2.24) is 20.4 Å². The van der Waals surface area contributed by atoms with Gasteiger partial charge in [0.1, 0.15) is 11.5 Å². The van der Waals surface area contributed by atoms with Gasteiger partial charge in [0, 0.05) is 24.1 Å². The van der Waals surface area contributed by atoms with E-state index >= 15 is 0 Å². The Morgan fingerprint density at radius 2 is 2.10 bits per heavy atom. The summed E-state index contributed by atoms with van der Waals surface area (Å²) in [6, 6.07) is 8.25. The van der Waals surface area contributed by atoms with Crippen LogP contribution in [0.4, 0.5) is 14.6 Å². The van der Waals surface area contributed by atoms with Crippen LogP contribution in [-0.4, -0.2) is 27.6 Å². The highest BCUT2D eigenvalue weighted by Crippen LogP contribution is 2.28. The molecule has 2 amide bonds. The number of amides is 2. The first-order valence-electron chi connectivity index (χ1n) is 8.86. The minimum atomic E-state index is -1.11. The fourth-order valence-electron chi connectivity index (χ4n) is 3.05. The summed E-state index contributed by atoms with van der Waals surface area (Å²) < 4.78 is 28.1. The lowest BCUT2D eigenvalue weighted by Crippen LogP contribution is -2.52. The fraction of sp³-hybridized carbons (Fsp3) is 0.211. The Balaban J connectivity index is 1.68. The van der Waals surface area contributed by atoms with Crippen LogP contribution in [0.3, 0.4) is 0 Å². The van der Waals surface area contributed by atoms with Crippen molar-refractivity contribution in [3.05, 3.63) is 59.0 Å². The minimum absolute atomic E-state index is 0.0386. The summed E-state index contributed by atoms with van der Waals surface area (Å²) in [5.41, 5.74) is 0.568. The van der Waals surface area contributed by atoms with Gasteiger partial charge in [-0.2, -0.15) is 5.10 Å². The summed E-state index contributed by atoms with van der Waals surface area (Å²) in [6.07, 6.45) is -0.341. The van der Waals surface area contributed by atoms with Crippen LogP contribution >= 0.6 is 11.3 Å². The van der Waals surface area contributed by atoms with Crippen LogP contribution in [0.25, 0.3) is 10.6 Å². The first-order valence-corrected chi connectivity index (χ1v) is 9.74. The number of benzene rings is 1. The lowest BCUT2D eigenvalue weighted by Gasteiger charge is -2.30. The zero-order valence-electron chi connectivity index (χ0n) is 15.3. The topological polar surface area (TPSA) is 88.1 Å². The van der Waals surface area contributed by atoms with Gasteiger partial charge < -0.3 is 10.6 Å². The quantitative estimate of drug-likeness (QED) is 0.609. The second-order valence-electron chi connectivity index (χ2n) is 6.66. The third kappa shape index (κ3) is 4.03. The van der Waals surface area contributed by atoms with Crippen molar-refractivity contribution in [2.24, 2.45) is 0 Å². The molecular formula is C19H17F2N5O2S. The van der Waals surface area contributed by atoms with Crippen molar-refractivity contribution in [2.75, 3.05) is 5.32 Å². The van der Waals surface area contributed by atoms with E-state index in [0.717, 1.165) is 17.0 Å². The molecule has 0 spiro atoms. The summed E-state index contributed by atoms with van der Waals surface area (Å²) in [4.78, 5) is 25.4. The predicted molar refractivity (Wildman–Crippen MR) is 104 cm³/mol.